The highest BCUT2D eigenvalue weighted by Gasteiger charge is 2.12. The molecule has 2 heterocycles. The molecule has 6 heteroatoms. The molecule has 3 rings (SSSR count). The third-order valence-corrected chi connectivity index (χ3v) is 2.97. The van der Waals surface area contributed by atoms with Gasteiger partial charge in [-0.2, -0.15) is 4.98 Å². The highest BCUT2D eigenvalue weighted by molar-refractivity contribution is 5.31. The summed E-state index contributed by atoms with van der Waals surface area (Å²) in [4.78, 5) is 8.32. The lowest BCUT2D eigenvalue weighted by Crippen LogP contribution is -2.07. The number of para-hydroxylation sites is 1. The maximum atomic E-state index is 5.90. The second-order valence-corrected chi connectivity index (χ2v) is 4.60. The van der Waals surface area contributed by atoms with Crippen LogP contribution in [0.5, 0.6) is 11.9 Å². The van der Waals surface area contributed by atoms with Gasteiger partial charge in [-0.25, -0.2) is 9.67 Å². The fraction of sp³-hybridized carbons (Fsp3) is 0.133. The molecule has 0 fully saturated rings. The third kappa shape index (κ3) is 2.90. The van der Waals surface area contributed by atoms with E-state index in [9.17, 15) is 0 Å². The van der Waals surface area contributed by atoms with Gasteiger partial charge in [0.25, 0.3) is 0 Å². The summed E-state index contributed by atoms with van der Waals surface area (Å²) in [5.74, 6) is 0.429. The van der Waals surface area contributed by atoms with Gasteiger partial charge in [-0.05, 0) is 25.1 Å². The first-order valence-electron chi connectivity index (χ1n) is 6.59. The Hall–Kier alpha value is -2.73. The van der Waals surface area contributed by atoms with Crippen molar-refractivity contribution in [1.29, 1.82) is 0 Å². The minimum Gasteiger partial charge on any atom is -0.404 e. The molecule has 0 saturated heterocycles. The number of nitrogens with zero attached hydrogens (tertiary/aromatic N) is 4. The predicted octanol–water partition coefficient (Wildman–Crippen LogP) is 2.47. The number of pyridine rings is 1. The summed E-state index contributed by atoms with van der Waals surface area (Å²) in [7, 11) is 0. The van der Waals surface area contributed by atoms with E-state index in [-0.39, 0.29) is 12.1 Å². The summed E-state index contributed by atoms with van der Waals surface area (Å²) in [6.07, 6.45) is 3.24. The molecule has 0 radical (unpaired) electrons. The normalized spacial score (nSPS) is 12.1. The summed E-state index contributed by atoms with van der Waals surface area (Å²) in [6, 6.07) is 13.4. The Morgan fingerprint density at radius 1 is 1.10 bits per heavy atom. The van der Waals surface area contributed by atoms with Crippen LogP contribution in [0, 0.1) is 0 Å². The lowest BCUT2D eigenvalue weighted by Gasteiger charge is -2.09. The summed E-state index contributed by atoms with van der Waals surface area (Å²) >= 11 is 0. The van der Waals surface area contributed by atoms with Crippen LogP contribution >= 0.6 is 0 Å². The Morgan fingerprint density at radius 2 is 1.90 bits per heavy atom. The van der Waals surface area contributed by atoms with Crippen molar-refractivity contribution in [1.82, 2.24) is 19.7 Å². The largest absolute Gasteiger partial charge is 0.404 e. The third-order valence-electron chi connectivity index (χ3n) is 2.97. The molecule has 0 bridgehead atoms. The Morgan fingerprint density at radius 3 is 2.67 bits per heavy atom. The van der Waals surface area contributed by atoms with Crippen molar-refractivity contribution in [3.8, 4) is 17.6 Å². The van der Waals surface area contributed by atoms with Crippen LogP contribution in [0.15, 0.2) is 55.0 Å². The first kappa shape index (κ1) is 13.3. The second kappa shape index (κ2) is 5.72. The minimum atomic E-state index is -0.176. The van der Waals surface area contributed by atoms with E-state index < -0.39 is 0 Å². The Labute approximate surface area is 122 Å². The highest BCUT2D eigenvalue weighted by Crippen LogP contribution is 2.24. The molecule has 21 heavy (non-hydrogen) atoms. The maximum Gasteiger partial charge on any atom is 0.342 e. The molecule has 2 aromatic heterocycles. The predicted molar refractivity (Wildman–Crippen MR) is 78.3 cm³/mol. The molecule has 1 aromatic carbocycles. The van der Waals surface area contributed by atoms with Crippen molar-refractivity contribution in [3.63, 3.8) is 0 Å². The smallest absolute Gasteiger partial charge is 0.342 e. The van der Waals surface area contributed by atoms with Gasteiger partial charge in [-0.15, -0.1) is 5.10 Å². The molecule has 3 aromatic rings. The number of hydrogen-bond acceptors (Lipinski definition) is 5. The van der Waals surface area contributed by atoms with Crippen LogP contribution in [-0.4, -0.2) is 19.7 Å². The van der Waals surface area contributed by atoms with Crippen LogP contribution in [0.3, 0.4) is 0 Å². The van der Waals surface area contributed by atoms with Gasteiger partial charge in [-0.1, -0.05) is 24.3 Å². The average molecular weight is 281 g/mol. The van der Waals surface area contributed by atoms with E-state index in [2.05, 4.69) is 15.1 Å². The molecular formula is C15H15N5O. The van der Waals surface area contributed by atoms with Crippen LogP contribution in [-0.2, 0) is 0 Å². The van der Waals surface area contributed by atoms with Crippen molar-refractivity contribution in [2.75, 3.05) is 0 Å². The highest BCUT2D eigenvalue weighted by atomic mass is 16.5. The molecule has 6 nitrogen and oxygen atoms in total. The summed E-state index contributed by atoms with van der Waals surface area (Å²) in [5.41, 5.74) is 7.62. The van der Waals surface area contributed by atoms with E-state index in [1.807, 2.05) is 49.4 Å². The molecular weight excluding hydrogens is 266 g/mol. The quantitative estimate of drug-likeness (QED) is 0.794. The summed E-state index contributed by atoms with van der Waals surface area (Å²) < 4.78 is 7.28. The number of ether oxygens (including phenoxy) is 1. The monoisotopic (exact) mass is 281 g/mol. The zero-order valence-corrected chi connectivity index (χ0v) is 11.5. The Kier molecular flexibility index (Phi) is 3.61. The van der Waals surface area contributed by atoms with Gasteiger partial charge in [0, 0.05) is 17.8 Å². The van der Waals surface area contributed by atoms with Gasteiger partial charge >= 0.3 is 6.01 Å². The van der Waals surface area contributed by atoms with E-state index in [1.165, 1.54) is 0 Å². The van der Waals surface area contributed by atoms with E-state index >= 15 is 0 Å². The molecule has 0 aliphatic rings. The van der Waals surface area contributed by atoms with Gasteiger partial charge in [0.15, 0.2) is 0 Å². The van der Waals surface area contributed by atoms with E-state index in [0.29, 0.717) is 5.88 Å². The Balaban J connectivity index is 1.86. The van der Waals surface area contributed by atoms with Gasteiger partial charge < -0.3 is 10.5 Å². The van der Waals surface area contributed by atoms with Crippen molar-refractivity contribution in [2.24, 2.45) is 5.73 Å². The molecule has 0 amide bonds. The second-order valence-electron chi connectivity index (χ2n) is 4.60. The summed E-state index contributed by atoms with van der Waals surface area (Å²) in [5, 5.41) is 4.28. The average Bonchev–Trinajstić information content (AvgIpc) is 2.97. The molecule has 0 aliphatic heterocycles. The number of aromatic nitrogens is 4. The van der Waals surface area contributed by atoms with Gasteiger partial charge in [0.05, 0.1) is 5.69 Å². The standard InChI is InChI=1S/C15H15N5O/c1-11(16)13-8-5-9-17-14(13)21-15-18-10-20(19-15)12-6-3-2-4-7-12/h2-11H,16H2,1H3/t11-/m1/s1. The minimum absolute atomic E-state index is 0.176. The number of rotatable bonds is 4. The molecule has 0 aliphatic carbocycles. The van der Waals surface area contributed by atoms with E-state index in [1.54, 1.807) is 17.2 Å². The summed E-state index contributed by atoms with van der Waals surface area (Å²) in [6.45, 7) is 1.87. The fourth-order valence-corrected chi connectivity index (χ4v) is 1.92. The zero-order valence-electron chi connectivity index (χ0n) is 11.5. The van der Waals surface area contributed by atoms with Gasteiger partial charge in [0.2, 0.25) is 5.88 Å². The fourth-order valence-electron chi connectivity index (χ4n) is 1.92. The van der Waals surface area contributed by atoms with Gasteiger partial charge in [0.1, 0.15) is 6.33 Å². The first-order valence-corrected chi connectivity index (χ1v) is 6.59. The van der Waals surface area contributed by atoms with E-state index in [0.717, 1.165) is 11.3 Å². The molecule has 106 valence electrons. The van der Waals surface area contributed by atoms with E-state index in [4.69, 9.17) is 10.5 Å². The van der Waals surface area contributed by atoms with Crippen molar-refractivity contribution in [3.05, 3.63) is 60.6 Å². The number of benzene rings is 1. The molecule has 0 spiro atoms. The van der Waals surface area contributed by atoms with Crippen LogP contribution < -0.4 is 10.5 Å². The Bertz CT molecular complexity index is 724. The van der Waals surface area contributed by atoms with Crippen LogP contribution in [0.4, 0.5) is 0 Å². The first-order chi connectivity index (χ1) is 10.2. The van der Waals surface area contributed by atoms with Crippen molar-refractivity contribution < 1.29 is 4.74 Å². The topological polar surface area (TPSA) is 78.9 Å². The maximum absolute atomic E-state index is 5.90. The molecule has 2 N–H and O–H groups in total. The van der Waals surface area contributed by atoms with Gasteiger partial charge in [-0.3, -0.25) is 0 Å². The SMILES string of the molecule is C[C@@H](N)c1cccnc1Oc1ncn(-c2ccccc2)n1. The van der Waals surface area contributed by atoms with Crippen LogP contribution in [0.2, 0.25) is 0 Å². The zero-order chi connectivity index (χ0) is 14.7. The molecule has 1 atom stereocenters. The van der Waals surface area contributed by atoms with Crippen molar-refractivity contribution >= 4 is 0 Å². The lowest BCUT2D eigenvalue weighted by molar-refractivity contribution is 0.416. The van der Waals surface area contributed by atoms with Crippen molar-refractivity contribution in [2.45, 2.75) is 13.0 Å². The van der Waals surface area contributed by atoms with Crippen LogP contribution in [0.1, 0.15) is 18.5 Å². The number of nitrogens with two attached hydrogens (primary N) is 1. The number of hydrogen-bond donors (Lipinski definition) is 1. The van der Waals surface area contributed by atoms with Crippen LogP contribution in [0.25, 0.3) is 5.69 Å². The molecule has 0 unspecified atom stereocenters. The lowest BCUT2D eigenvalue weighted by atomic mass is 10.1. The molecule has 0 saturated carbocycles.